The molecule has 3 aromatic carbocycles. The maximum Gasteiger partial charge on any atom is 0.272 e. The average molecular weight is 392 g/mol. The van der Waals surface area contributed by atoms with E-state index in [-0.39, 0.29) is 5.91 Å². The Labute approximate surface area is 170 Å². The molecule has 0 saturated carbocycles. The van der Waals surface area contributed by atoms with Crippen LogP contribution in [0.25, 0.3) is 10.8 Å². The number of hydrogen-bond donors (Lipinski definition) is 1. The third kappa shape index (κ3) is 4.32. The molecule has 150 valence electrons. The number of rotatable bonds is 7. The molecule has 6 nitrogen and oxygen atoms in total. The van der Waals surface area contributed by atoms with Gasteiger partial charge < -0.3 is 14.2 Å². The lowest BCUT2D eigenvalue weighted by atomic mass is 9.99. The van der Waals surface area contributed by atoms with Gasteiger partial charge in [0.15, 0.2) is 11.5 Å². The van der Waals surface area contributed by atoms with Gasteiger partial charge in [-0.15, -0.1) is 0 Å². The number of fused-ring (bicyclic) bond motifs is 1. The van der Waals surface area contributed by atoms with Gasteiger partial charge in [0, 0.05) is 5.56 Å². The Kier molecular flexibility index (Phi) is 6.34. The Morgan fingerprint density at radius 3 is 2.41 bits per heavy atom. The molecule has 0 spiro atoms. The third-order valence-corrected chi connectivity index (χ3v) is 4.52. The lowest BCUT2D eigenvalue weighted by Gasteiger charge is -2.14. The van der Waals surface area contributed by atoms with E-state index < -0.39 is 0 Å². The fraction of sp³-hybridized carbons (Fsp3) is 0.217. The van der Waals surface area contributed by atoms with Crippen molar-refractivity contribution in [2.75, 3.05) is 20.8 Å². The molecule has 6 heteroatoms. The van der Waals surface area contributed by atoms with Gasteiger partial charge in [-0.25, -0.2) is 5.43 Å². The number of benzene rings is 3. The highest BCUT2D eigenvalue weighted by atomic mass is 16.5. The number of methoxy groups -OCH3 is 2. The minimum absolute atomic E-state index is 0.264. The van der Waals surface area contributed by atoms with Crippen LogP contribution in [0.2, 0.25) is 0 Å². The Morgan fingerprint density at radius 1 is 1.07 bits per heavy atom. The van der Waals surface area contributed by atoms with E-state index in [0.717, 1.165) is 16.3 Å². The van der Waals surface area contributed by atoms with E-state index in [1.165, 1.54) is 0 Å². The van der Waals surface area contributed by atoms with Gasteiger partial charge in [-0.3, -0.25) is 4.79 Å². The van der Waals surface area contributed by atoms with Crippen LogP contribution >= 0.6 is 0 Å². The van der Waals surface area contributed by atoms with Crippen LogP contribution in [0, 0.1) is 6.92 Å². The summed E-state index contributed by atoms with van der Waals surface area (Å²) in [5.74, 6) is 1.33. The number of carbonyl (C=O) groups is 1. The van der Waals surface area contributed by atoms with E-state index >= 15 is 0 Å². The molecule has 0 aliphatic carbocycles. The van der Waals surface area contributed by atoms with Crippen LogP contribution in [0.1, 0.15) is 28.4 Å². The van der Waals surface area contributed by atoms with Crippen molar-refractivity contribution < 1.29 is 19.0 Å². The largest absolute Gasteiger partial charge is 0.493 e. The Balaban J connectivity index is 1.85. The summed E-state index contributed by atoms with van der Waals surface area (Å²) in [7, 11) is 3.12. The highest BCUT2D eigenvalue weighted by molar-refractivity contribution is 6.08. The van der Waals surface area contributed by atoms with Gasteiger partial charge in [-0.1, -0.05) is 36.4 Å². The van der Waals surface area contributed by atoms with Crippen LogP contribution in [-0.4, -0.2) is 32.9 Å². The Bertz CT molecular complexity index is 1030. The van der Waals surface area contributed by atoms with Crippen molar-refractivity contribution in [3.63, 3.8) is 0 Å². The maximum atomic E-state index is 12.8. The molecule has 0 aliphatic rings. The normalized spacial score (nSPS) is 10.9. The van der Waals surface area contributed by atoms with E-state index in [0.29, 0.717) is 35.0 Å². The van der Waals surface area contributed by atoms with Gasteiger partial charge >= 0.3 is 0 Å². The van der Waals surface area contributed by atoms with Crippen molar-refractivity contribution in [2.45, 2.75) is 13.8 Å². The monoisotopic (exact) mass is 392 g/mol. The molecule has 0 bridgehead atoms. The standard InChI is InChI=1S/C23H24N2O4/c1-5-29-22-19(27-3)12-16(13-20(22)28-4)14-24-25-23(26)21-15(2)10-11-17-8-6-7-9-18(17)21/h6-14H,5H2,1-4H3,(H,25,26)/b24-14-. The molecule has 1 N–H and O–H groups in total. The van der Waals surface area contributed by atoms with Gasteiger partial charge in [-0.2, -0.15) is 5.10 Å². The smallest absolute Gasteiger partial charge is 0.272 e. The minimum Gasteiger partial charge on any atom is -0.493 e. The first kappa shape index (κ1) is 20.2. The molecular weight excluding hydrogens is 368 g/mol. The SMILES string of the molecule is CCOc1c(OC)cc(/C=N\NC(=O)c2c(C)ccc3ccccc23)cc1OC. The van der Waals surface area contributed by atoms with Crippen molar-refractivity contribution in [3.8, 4) is 17.2 Å². The molecule has 0 radical (unpaired) electrons. The van der Waals surface area contributed by atoms with Crippen molar-refractivity contribution >= 4 is 22.9 Å². The molecule has 0 unspecified atom stereocenters. The second-order valence-electron chi connectivity index (χ2n) is 6.37. The van der Waals surface area contributed by atoms with E-state index in [1.54, 1.807) is 32.6 Å². The van der Waals surface area contributed by atoms with Crippen LogP contribution in [0.3, 0.4) is 0 Å². The first-order valence-electron chi connectivity index (χ1n) is 9.29. The van der Waals surface area contributed by atoms with E-state index in [4.69, 9.17) is 14.2 Å². The van der Waals surface area contributed by atoms with E-state index in [2.05, 4.69) is 10.5 Å². The molecule has 1 amide bonds. The molecule has 0 aromatic heterocycles. The summed E-state index contributed by atoms with van der Waals surface area (Å²) < 4.78 is 16.4. The fourth-order valence-electron chi connectivity index (χ4n) is 3.16. The van der Waals surface area contributed by atoms with E-state index in [1.807, 2.05) is 50.2 Å². The summed E-state index contributed by atoms with van der Waals surface area (Å²) >= 11 is 0. The van der Waals surface area contributed by atoms with Gasteiger partial charge in [0.25, 0.3) is 5.91 Å². The first-order valence-corrected chi connectivity index (χ1v) is 9.29. The third-order valence-electron chi connectivity index (χ3n) is 4.52. The zero-order valence-corrected chi connectivity index (χ0v) is 17.0. The molecule has 0 saturated heterocycles. The van der Waals surface area contributed by atoms with Crippen LogP contribution in [0.15, 0.2) is 53.6 Å². The molecule has 29 heavy (non-hydrogen) atoms. The second kappa shape index (κ2) is 9.10. The number of nitrogens with one attached hydrogen (secondary N) is 1. The molecule has 3 rings (SSSR count). The highest BCUT2D eigenvalue weighted by Gasteiger charge is 2.14. The molecule has 0 heterocycles. The van der Waals surface area contributed by atoms with Crippen LogP contribution < -0.4 is 19.6 Å². The summed E-state index contributed by atoms with van der Waals surface area (Å²) in [5.41, 5.74) is 4.82. The summed E-state index contributed by atoms with van der Waals surface area (Å²) in [4.78, 5) is 12.8. The number of amides is 1. The van der Waals surface area contributed by atoms with Crippen molar-refractivity contribution in [1.82, 2.24) is 5.43 Å². The Hall–Kier alpha value is -3.54. The van der Waals surface area contributed by atoms with Gasteiger partial charge in [0.05, 0.1) is 32.6 Å². The van der Waals surface area contributed by atoms with Gasteiger partial charge in [0.2, 0.25) is 5.75 Å². The predicted octanol–water partition coefficient (Wildman–Crippen LogP) is 4.33. The zero-order valence-electron chi connectivity index (χ0n) is 17.0. The van der Waals surface area contributed by atoms with Crippen LogP contribution in [-0.2, 0) is 0 Å². The summed E-state index contributed by atoms with van der Waals surface area (Å²) in [6.45, 7) is 4.28. The molecule has 3 aromatic rings. The number of hydrogen-bond acceptors (Lipinski definition) is 5. The fourth-order valence-corrected chi connectivity index (χ4v) is 3.16. The van der Waals surface area contributed by atoms with Gasteiger partial charge in [0.1, 0.15) is 0 Å². The topological polar surface area (TPSA) is 69.2 Å². The molecular formula is C23H24N2O4. The number of carbonyl (C=O) groups excluding carboxylic acids is 1. The first-order chi connectivity index (χ1) is 14.1. The highest BCUT2D eigenvalue weighted by Crippen LogP contribution is 2.38. The molecule has 0 fully saturated rings. The number of aryl methyl sites for hydroxylation is 1. The summed E-state index contributed by atoms with van der Waals surface area (Å²) in [6, 6.07) is 15.3. The van der Waals surface area contributed by atoms with Crippen molar-refractivity contribution in [2.24, 2.45) is 5.10 Å². The zero-order chi connectivity index (χ0) is 20.8. The van der Waals surface area contributed by atoms with Crippen molar-refractivity contribution in [3.05, 3.63) is 65.2 Å². The van der Waals surface area contributed by atoms with Crippen molar-refractivity contribution in [1.29, 1.82) is 0 Å². The van der Waals surface area contributed by atoms with Gasteiger partial charge in [-0.05, 0) is 42.3 Å². The predicted molar refractivity (Wildman–Crippen MR) is 114 cm³/mol. The van der Waals surface area contributed by atoms with Crippen LogP contribution in [0.5, 0.6) is 17.2 Å². The molecule has 0 aliphatic heterocycles. The average Bonchev–Trinajstić information content (AvgIpc) is 2.74. The summed E-state index contributed by atoms with van der Waals surface area (Å²) in [6.07, 6.45) is 1.54. The van der Waals surface area contributed by atoms with Crippen LogP contribution in [0.4, 0.5) is 0 Å². The number of ether oxygens (including phenoxy) is 3. The second-order valence-corrected chi connectivity index (χ2v) is 6.37. The Morgan fingerprint density at radius 2 is 1.76 bits per heavy atom. The molecule has 0 atom stereocenters. The minimum atomic E-state index is -0.264. The number of hydrazone groups is 1. The van der Waals surface area contributed by atoms with E-state index in [9.17, 15) is 4.79 Å². The quantitative estimate of drug-likeness (QED) is 0.480. The number of nitrogens with zero attached hydrogens (tertiary/aromatic N) is 1. The maximum absolute atomic E-state index is 12.8. The lowest BCUT2D eigenvalue weighted by molar-refractivity contribution is 0.0956. The lowest BCUT2D eigenvalue weighted by Crippen LogP contribution is -2.19. The summed E-state index contributed by atoms with van der Waals surface area (Å²) in [5, 5.41) is 6.02.